The smallest absolute Gasteiger partial charge is 0.317 e. The number of hydrogen-bond donors (Lipinski definition) is 4. The van der Waals surface area contributed by atoms with Gasteiger partial charge in [0.2, 0.25) is 5.95 Å². The van der Waals surface area contributed by atoms with Gasteiger partial charge >= 0.3 is 5.97 Å². The van der Waals surface area contributed by atoms with Crippen LogP contribution < -0.4 is 25.0 Å². The van der Waals surface area contributed by atoms with Crippen LogP contribution in [0.5, 0.6) is 5.75 Å². The average molecular weight is 680 g/mol. The molecule has 5 rings (SSSR count). The van der Waals surface area contributed by atoms with E-state index in [4.69, 9.17) is 21.4 Å². The number of rotatable bonds is 12. The first kappa shape index (κ1) is 34.7. The molecule has 0 spiro atoms. The number of piperazine rings is 1. The fourth-order valence-corrected chi connectivity index (χ4v) is 6.27. The Kier molecular flexibility index (Phi) is 12.6. The lowest BCUT2D eigenvalue weighted by Gasteiger charge is -2.39. The summed E-state index contributed by atoms with van der Waals surface area (Å²) in [7, 11) is 1.64. The van der Waals surface area contributed by atoms with Gasteiger partial charge in [-0.2, -0.15) is 4.98 Å². The number of ether oxygens (including phenoxy) is 1. The molecule has 0 amide bonds. The van der Waals surface area contributed by atoms with Crippen LogP contribution in [0.15, 0.2) is 48.7 Å². The van der Waals surface area contributed by atoms with E-state index in [1.807, 2.05) is 41.3 Å². The van der Waals surface area contributed by atoms with Crippen molar-refractivity contribution in [3.63, 3.8) is 0 Å². The van der Waals surface area contributed by atoms with Crippen LogP contribution in [0.1, 0.15) is 12.8 Å². The highest BCUT2D eigenvalue weighted by atomic mass is 35.5. The average Bonchev–Trinajstić information content (AvgIpc) is 3.01. The number of benzene rings is 2. The molecule has 1 unspecified atom stereocenters. The molecule has 15 heteroatoms. The maximum atomic E-state index is 11.7. The second-order valence-electron chi connectivity index (χ2n) is 11.0. The Hall–Kier alpha value is -3.20. The van der Waals surface area contributed by atoms with Crippen LogP contribution in [0.4, 0.5) is 34.5 Å². The minimum Gasteiger partial charge on any atom is -0.593 e. The van der Waals surface area contributed by atoms with Gasteiger partial charge in [-0.3, -0.25) is 9.69 Å². The Labute approximate surface area is 278 Å². The lowest BCUT2D eigenvalue weighted by Crippen LogP contribution is -2.49. The maximum absolute atomic E-state index is 11.7. The largest absolute Gasteiger partial charge is 0.593 e. The van der Waals surface area contributed by atoms with Gasteiger partial charge in [0.15, 0.2) is 5.82 Å². The van der Waals surface area contributed by atoms with E-state index in [1.165, 1.54) is 6.20 Å². The Morgan fingerprint density at radius 2 is 1.73 bits per heavy atom. The van der Waals surface area contributed by atoms with E-state index >= 15 is 0 Å². The Morgan fingerprint density at radius 1 is 1.04 bits per heavy atom. The van der Waals surface area contributed by atoms with Crippen molar-refractivity contribution >= 4 is 75.9 Å². The zero-order valence-corrected chi connectivity index (χ0v) is 27.8. The molecule has 0 radical (unpaired) electrons. The van der Waals surface area contributed by atoms with Crippen LogP contribution >= 0.6 is 24.0 Å². The highest BCUT2D eigenvalue weighted by Gasteiger charge is 2.25. The zero-order chi connectivity index (χ0) is 31.1. The van der Waals surface area contributed by atoms with Crippen molar-refractivity contribution in [1.29, 1.82) is 0 Å². The minimum atomic E-state index is -1.24. The molecule has 0 saturated carbocycles. The van der Waals surface area contributed by atoms with Crippen LogP contribution in [0.25, 0.3) is 0 Å². The minimum absolute atomic E-state index is 0. The van der Waals surface area contributed by atoms with Crippen LogP contribution in [-0.4, -0.2) is 101 Å². The van der Waals surface area contributed by atoms with Gasteiger partial charge < -0.3 is 34.8 Å². The van der Waals surface area contributed by atoms with Gasteiger partial charge in [-0.15, -0.1) is 12.4 Å². The molecule has 2 aromatic carbocycles. The molecule has 3 aromatic rings. The number of methoxy groups -OCH3 is 1. The summed E-state index contributed by atoms with van der Waals surface area (Å²) >= 11 is 5.17. The van der Waals surface area contributed by atoms with Crippen molar-refractivity contribution in [3.05, 3.63) is 53.7 Å². The summed E-state index contributed by atoms with van der Waals surface area (Å²) in [4.78, 5) is 26.8. The molecule has 12 nitrogen and oxygen atoms in total. The van der Waals surface area contributed by atoms with Gasteiger partial charge in [-0.05, 0) is 43.0 Å². The van der Waals surface area contributed by atoms with E-state index in [0.29, 0.717) is 39.8 Å². The molecule has 1 aromatic heterocycles. The topological polar surface area (TPSA) is 141 Å². The van der Waals surface area contributed by atoms with Crippen molar-refractivity contribution in [3.8, 4) is 5.75 Å². The van der Waals surface area contributed by atoms with Crippen LogP contribution in [0.3, 0.4) is 0 Å². The monoisotopic (exact) mass is 678 g/mol. The molecule has 3 heterocycles. The Morgan fingerprint density at radius 3 is 2.40 bits per heavy atom. The summed E-state index contributed by atoms with van der Waals surface area (Å²) in [5.41, 5.74) is 3.17. The van der Waals surface area contributed by atoms with Gasteiger partial charge in [0.05, 0.1) is 42.6 Å². The third-order valence-electron chi connectivity index (χ3n) is 7.93. The molecule has 0 bridgehead atoms. The first-order valence-electron chi connectivity index (χ1n) is 14.6. The summed E-state index contributed by atoms with van der Waals surface area (Å²) in [6.45, 7) is 6.63. The standard InChI is InChI=1S/C30H39ClN8O4S.ClH/c1-43-27-17-22(39-11-9-21(10-12-39)19-37-13-15-38(16-14-37)20-28(40)41)7-8-26(27)34-30-32-18-23(31)29(35-30)33-24-5-3-4-6-25(24)36-44(2)42;/h3-8,17-18,21,36H,9-16,19-20H2,1-2H3,(H,40,41)(H2,32,33,34,35);1H. The lowest BCUT2D eigenvalue weighted by atomic mass is 9.95. The molecule has 4 N–H and O–H groups in total. The SMILES string of the molecule is COc1cc(N2CCC(CN3CCN(CC(=O)O)CC3)CC2)ccc1Nc1ncc(Cl)c(Nc2ccccc2N[S+](C)[O-])n1.Cl. The molecule has 2 aliphatic heterocycles. The van der Waals surface area contributed by atoms with Crippen molar-refractivity contribution in [2.24, 2.45) is 5.92 Å². The zero-order valence-electron chi connectivity index (χ0n) is 25.4. The second-order valence-corrected chi connectivity index (χ2v) is 12.5. The summed E-state index contributed by atoms with van der Waals surface area (Å²) in [6.07, 6.45) is 5.31. The van der Waals surface area contributed by atoms with E-state index < -0.39 is 17.3 Å². The predicted octanol–water partition coefficient (Wildman–Crippen LogP) is 4.67. The predicted molar refractivity (Wildman–Crippen MR) is 183 cm³/mol. The fourth-order valence-electron chi connectivity index (χ4n) is 5.64. The number of aliphatic carboxylic acids is 1. The number of nitrogens with one attached hydrogen (secondary N) is 3. The number of halogens is 2. The molecule has 1 atom stereocenters. The number of carboxylic acids is 1. The van der Waals surface area contributed by atoms with Crippen molar-refractivity contribution in [2.75, 3.05) is 86.0 Å². The van der Waals surface area contributed by atoms with Crippen molar-refractivity contribution < 1.29 is 19.2 Å². The summed E-state index contributed by atoms with van der Waals surface area (Å²) in [5, 5.41) is 15.8. The van der Waals surface area contributed by atoms with Crippen LogP contribution in [0, 0.1) is 5.92 Å². The van der Waals surface area contributed by atoms with Gasteiger partial charge in [-0.25, -0.2) is 9.71 Å². The second kappa shape index (κ2) is 16.4. The van der Waals surface area contributed by atoms with Gasteiger partial charge in [0.1, 0.15) is 22.7 Å². The number of piperidine rings is 1. The first-order valence-corrected chi connectivity index (χ1v) is 16.6. The van der Waals surface area contributed by atoms with Crippen molar-refractivity contribution in [2.45, 2.75) is 12.8 Å². The molecule has 2 aliphatic rings. The number of hydrogen-bond acceptors (Lipinski definition) is 11. The molecule has 2 saturated heterocycles. The van der Waals surface area contributed by atoms with Gasteiger partial charge in [0.25, 0.3) is 0 Å². The number of nitrogens with zero attached hydrogens (tertiary/aromatic N) is 5. The Bertz CT molecular complexity index is 1420. The van der Waals surface area contributed by atoms with E-state index in [1.54, 1.807) is 13.4 Å². The maximum Gasteiger partial charge on any atom is 0.317 e. The third kappa shape index (κ3) is 9.65. The summed E-state index contributed by atoms with van der Waals surface area (Å²) in [6, 6.07) is 13.5. The molecule has 45 heavy (non-hydrogen) atoms. The first-order chi connectivity index (χ1) is 21.3. The molecule has 2 fully saturated rings. The molecular weight excluding hydrogens is 639 g/mol. The van der Waals surface area contributed by atoms with Gasteiger partial charge in [-0.1, -0.05) is 23.7 Å². The van der Waals surface area contributed by atoms with Crippen LogP contribution in [-0.2, 0) is 16.2 Å². The fraction of sp³-hybridized carbons (Fsp3) is 0.433. The van der Waals surface area contributed by atoms with Crippen molar-refractivity contribution in [1.82, 2.24) is 19.8 Å². The molecule has 0 aliphatic carbocycles. The number of aromatic nitrogens is 2. The number of para-hydroxylation sites is 2. The normalized spacial score (nSPS) is 16.8. The van der Waals surface area contributed by atoms with Crippen LogP contribution in [0.2, 0.25) is 5.02 Å². The van der Waals surface area contributed by atoms with Gasteiger partial charge in [0, 0.05) is 57.6 Å². The van der Waals surface area contributed by atoms with E-state index in [2.05, 4.69) is 41.2 Å². The van der Waals surface area contributed by atoms with E-state index in [0.717, 1.165) is 70.0 Å². The highest BCUT2D eigenvalue weighted by molar-refractivity contribution is 7.92. The number of carbonyl (C=O) groups is 1. The highest BCUT2D eigenvalue weighted by Crippen LogP contribution is 2.35. The van der Waals surface area contributed by atoms with E-state index in [9.17, 15) is 9.35 Å². The summed E-state index contributed by atoms with van der Waals surface area (Å²) < 4.78 is 20.4. The molecular formula is C30H40Cl2N8O4S. The lowest BCUT2D eigenvalue weighted by molar-refractivity contribution is -0.138. The Balaban J connectivity index is 0.00000461. The molecule has 244 valence electrons. The quantitative estimate of drug-likeness (QED) is 0.198. The number of anilines is 6. The third-order valence-corrected chi connectivity index (χ3v) is 8.71. The summed E-state index contributed by atoms with van der Waals surface area (Å²) in [5.74, 6) is 1.31. The van der Waals surface area contributed by atoms with E-state index in [-0.39, 0.29) is 19.0 Å². The number of carboxylic acid groups (broad SMARTS) is 1.